The summed E-state index contributed by atoms with van der Waals surface area (Å²) in [5, 5.41) is 0. The number of Topliss-reactive ketones (excluding diaryl/α,β-unsaturated/α-hetero) is 1. The molecule has 0 N–H and O–H groups in total. The third-order valence-electron chi connectivity index (χ3n) is 2.86. The molecule has 0 aromatic heterocycles. The van der Waals surface area contributed by atoms with Crippen molar-refractivity contribution in [1.29, 1.82) is 0 Å². The highest BCUT2D eigenvalue weighted by atomic mass is 16.2. The van der Waals surface area contributed by atoms with Crippen LogP contribution in [0.25, 0.3) is 0 Å². The van der Waals surface area contributed by atoms with Gasteiger partial charge >= 0.3 is 0 Å². The van der Waals surface area contributed by atoms with Gasteiger partial charge in [-0.15, -0.1) is 0 Å². The van der Waals surface area contributed by atoms with E-state index in [0.29, 0.717) is 6.04 Å². The molecule has 1 amide bonds. The van der Waals surface area contributed by atoms with Gasteiger partial charge in [0.15, 0.2) is 0 Å². The first-order valence-corrected chi connectivity index (χ1v) is 5.45. The number of ketones is 1. The van der Waals surface area contributed by atoms with E-state index < -0.39 is 0 Å². The van der Waals surface area contributed by atoms with Crippen LogP contribution >= 0.6 is 0 Å². The largest absolute Gasteiger partial charge is 0.339 e. The number of nitrogens with zero attached hydrogens (tertiary/aromatic N) is 1. The van der Waals surface area contributed by atoms with Crippen molar-refractivity contribution in [3.8, 4) is 0 Å². The minimum absolute atomic E-state index is 0.0172. The van der Waals surface area contributed by atoms with E-state index in [2.05, 4.69) is 0 Å². The Hall–Kier alpha value is -0.860. The fourth-order valence-corrected chi connectivity index (χ4v) is 1.73. The summed E-state index contributed by atoms with van der Waals surface area (Å²) in [6.07, 6.45) is 4.89. The Labute approximate surface area is 84.5 Å². The highest BCUT2D eigenvalue weighted by Gasteiger charge is 2.36. The van der Waals surface area contributed by atoms with Crippen LogP contribution < -0.4 is 0 Å². The van der Waals surface area contributed by atoms with Crippen molar-refractivity contribution < 1.29 is 9.59 Å². The average molecular weight is 195 g/mol. The topological polar surface area (TPSA) is 37.4 Å². The highest BCUT2D eigenvalue weighted by molar-refractivity contribution is 5.97. The molecule has 0 unspecified atom stereocenters. The van der Waals surface area contributed by atoms with E-state index in [0.717, 1.165) is 25.3 Å². The molecule has 3 nitrogen and oxygen atoms in total. The fraction of sp³-hybridized carbons (Fsp3) is 0.818. The van der Waals surface area contributed by atoms with Gasteiger partial charge in [-0.1, -0.05) is 0 Å². The van der Waals surface area contributed by atoms with Crippen molar-refractivity contribution in [3.05, 3.63) is 0 Å². The van der Waals surface area contributed by atoms with E-state index in [4.69, 9.17) is 0 Å². The molecular weight excluding hydrogens is 178 g/mol. The molecule has 2 aliphatic carbocycles. The van der Waals surface area contributed by atoms with Crippen molar-refractivity contribution in [2.45, 2.75) is 45.1 Å². The minimum atomic E-state index is -0.0172. The maximum Gasteiger partial charge on any atom is 0.230 e. The van der Waals surface area contributed by atoms with Crippen LogP contribution in [-0.2, 0) is 9.59 Å². The Kier molecular flexibility index (Phi) is 2.57. The third-order valence-corrected chi connectivity index (χ3v) is 2.86. The first-order valence-electron chi connectivity index (χ1n) is 5.45. The molecule has 0 radical (unpaired) electrons. The van der Waals surface area contributed by atoms with Crippen molar-refractivity contribution in [2.75, 3.05) is 6.54 Å². The Morgan fingerprint density at radius 3 is 2.29 bits per heavy atom. The van der Waals surface area contributed by atoms with Gasteiger partial charge in [-0.25, -0.2) is 0 Å². The zero-order valence-corrected chi connectivity index (χ0v) is 8.66. The van der Waals surface area contributed by atoms with Gasteiger partial charge in [0.2, 0.25) is 5.91 Å². The summed E-state index contributed by atoms with van der Waals surface area (Å²) in [6.45, 7) is 2.39. The number of hydrogen-bond donors (Lipinski definition) is 0. The van der Waals surface area contributed by atoms with E-state index in [1.807, 2.05) is 4.90 Å². The Bertz CT molecular complexity index is 254. The van der Waals surface area contributed by atoms with Crippen LogP contribution in [-0.4, -0.2) is 29.2 Å². The van der Waals surface area contributed by atoms with E-state index in [9.17, 15) is 9.59 Å². The average Bonchev–Trinajstić information content (AvgIpc) is 2.94. The molecule has 0 atom stereocenters. The second kappa shape index (κ2) is 3.71. The third kappa shape index (κ3) is 2.56. The molecule has 0 spiro atoms. The number of carbonyl (C=O) groups is 2. The molecule has 0 aromatic rings. The summed E-state index contributed by atoms with van der Waals surface area (Å²) in [7, 11) is 0. The van der Waals surface area contributed by atoms with Gasteiger partial charge in [0, 0.05) is 12.6 Å². The van der Waals surface area contributed by atoms with Crippen LogP contribution in [0.5, 0.6) is 0 Å². The van der Waals surface area contributed by atoms with Crippen LogP contribution in [0.15, 0.2) is 0 Å². The maximum absolute atomic E-state index is 11.7. The summed E-state index contributed by atoms with van der Waals surface area (Å²) in [4.78, 5) is 24.5. The monoisotopic (exact) mass is 195 g/mol. The lowest BCUT2D eigenvalue weighted by atomic mass is 10.2. The molecule has 0 heterocycles. The van der Waals surface area contributed by atoms with Crippen LogP contribution in [0.1, 0.15) is 39.0 Å². The number of hydrogen-bond acceptors (Lipinski definition) is 2. The van der Waals surface area contributed by atoms with Gasteiger partial charge in [-0.05, 0) is 38.5 Å². The van der Waals surface area contributed by atoms with Crippen molar-refractivity contribution >= 4 is 11.7 Å². The van der Waals surface area contributed by atoms with Gasteiger partial charge in [0.05, 0.1) is 6.42 Å². The Balaban J connectivity index is 1.87. The normalized spacial score (nSPS) is 20.6. The lowest BCUT2D eigenvalue weighted by Gasteiger charge is -2.21. The van der Waals surface area contributed by atoms with Gasteiger partial charge in [0.25, 0.3) is 0 Å². The molecule has 0 aromatic carbocycles. The molecule has 14 heavy (non-hydrogen) atoms. The summed E-state index contributed by atoms with van der Waals surface area (Å²) in [5.41, 5.74) is 0. The zero-order chi connectivity index (χ0) is 10.1. The highest BCUT2D eigenvalue weighted by Crippen LogP contribution is 2.35. The second-order valence-electron chi connectivity index (χ2n) is 4.60. The van der Waals surface area contributed by atoms with Gasteiger partial charge in [0.1, 0.15) is 5.78 Å². The molecule has 0 saturated heterocycles. The second-order valence-corrected chi connectivity index (χ2v) is 4.60. The molecule has 2 rings (SSSR count). The molecule has 2 saturated carbocycles. The zero-order valence-electron chi connectivity index (χ0n) is 8.66. The maximum atomic E-state index is 11.7. The molecule has 78 valence electrons. The molecule has 0 aliphatic heterocycles. The summed E-state index contributed by atoms with van der Waals surface area (Å²) in [5.74, 6) is 0.759. The standard InChI is InChI=1S/C11H17NO2/c1-8(13)6-11(14)12(10-4-5-10)7-9-2-3-9/h9-10H,2-7H2,1H3. The molecule has 2 aliphatic rings. The molecule has 2 fully saturated rings. The van der Waals surface area contributed by atoms with Crippen molar-refractivity contribution in [2.24, 2.45) is 5.92 Å². The van der Waals surface area contributed by atoms with Crippen LogP contribution in [0, 0.1) is 5.92 Å². The Morgan fingerprint density at radius 2 is 1.86 bits per heavy atom. The van der Waals surface area contributed by atoms with Gasteiger partial charge in [-0.3, -0.25) is 9.59 Å². The molecular formula is C11H17NO2. The summed E-state index contributed by atoms with van der Waals surface area (Å²) in [6, 6.07) is 0.461. The lowest BCUT2D eigenvalue weighted by molar-refractivity contribution is -0.135. The number of rotatable bonds is 5. The first kappa shape index (κ1) is 9.69. The van der Waals surface area contributed by atoms with E-state index in [1.54, 1.807) is 0 Å². The smallest absolute Gasteiger partial charge is 0.230 e. The number of carbonyl (C=O) groups excluding carboxylic acids is 2. The quantitative estimate of drug-likeness (QED) is 0.621. The van der Waals surface area contributed by atoms with Crippen LogP contribution in [0.3, 0.4) is 0 Å². The predicted molar refractivity (Wildman–Crippen MR) is 52.8 cm³/mol. The van der Waals surface area contributed by atoms with Crippen LogP contribution in [0.4, 0.5) is 0 Å². The lowest BCUT2D eigenvalue weighted by Crippen LogP contribution is -2.35. The summed E-state index contributed by atoms with van der Waals surface area (Å²) < 4.78 is 0. The van der Waals surface area contributed by atoms with Crippen molar-refractivity contribution in [1.82, 2.24) is 4.90 Å². The van der Waals surface area contributed by atoms with Crippen molar-refractivity contribution in [3.63, 3.8) is 0 Å². The molecule has 3 heteroatoms. The molecule has 0 bridgehead atoms. The fourth-order valence-electron chi connectivity index (χ4n) is 1.73. The van der Waals surface area contributed by atoms with E-state index >= 15 is 0 Å². The first-order chi connectivity index (χ1) is 6.66. The SMILES string of the molecule is CC(=O)CC(=O)N(CC1CC1)C1CC1. The van der Waals surface area contributed by atoms with E-state index in [-0.39, 0.29) is 18.1 Å². The minimum Gasteiger partial charge on any atom is -0.339 e. The Morgan fingerprint density at radius 1 is 1.21 bits per heavy atom. The predicted octanol–water partition coefficient (Wildman–Crippen LogP) is 1.37. The van der Waals surface area contributed by atoms with Gasteiger partial charge < -0.3 is 4.90 Å². The van der Waals surface area contributed by atoms with Gasteiger partial charge in [-0.2, -0.15) is 0 Å². The van der Waals surface area contributed by atoms with E-state index in [1.165, 1.54) is 19.8 Å². The number of amides is 1. The summed E-state index contributed by atoms with van der Waals surface area (Å²) >= 11 is 0. The van der Waals surface area contributed by atoms with Crippen LogP contribution in [0.2, 0.25) is 0 Å².